The highest BCUT2D eigenvalue weighted by Crippen LogP contribution is 2.32. The highest BCUT2D eigenvalue weighted by molar-refractivity contribution is 5.90. The van der Waals surface area contributed by atoms with Crippen molar-refractivity contribution >= 4 is 16.6 Å². The van der Waals surface area contributed by atoms with Crippen LogP contribution < -0.4 is 5.32 Å². The third-order valence-electron chi connectivity index (χ3n) is 3.88. The predicted molar refractivity (Wildman–Crippen MR) is 80.0 cm³/mol. The number of benzene rings is 1. The second-order valence-corrected chi connectivity index (χ2v) is 4.92. The van der Waals surface area contributed by atoms with E-state index in [2.05, 4.69) is 24.1 Å². The van der Waals surface area contributed by atoms with Crippen LogP contribution in [-0.2, 0) is 0 Å². The summed E-state index contributed by atoms with van der Waals surface area (Å²) in [6, 6.07) is 7.23. The lowest BCUT2D eigenvalue weighted by molar-refractivity contribution is -0.383. The van der Waals surface area contributed by atoms with Gasteiger partial charge in [0, 0.05) is 18.3 Å². The number of nitrogens with one attached hydrogen (secondary N) is 1. The number of rotatable bonds is 5. The third kappa shape index (κ3) is 2.49. The number of likely N-dealkylation sites (N-methyl/N-ethyl adjacent to an activating group) is 1. The molecule has 5 heteroatoms. The zero-order valence-corrected chi connectivity index (χ0v) is 12.0. The summed E-state index contributed by atoms with van der Waals surface area (Å²) < 4.78 is 0. The first kappa shape index (κ1) is 14.4. The molecule has 0 saturated heterocycles. The second-order valence-electron chi connectivity index (χ2n) is 4.92. The fourth-order valence-electron chi connectivity index (χ4n) is 2.73. The number of nitro benzene ring substituents is 1. The van der Waals surface area contributed by atoms with E-state index in [-0.39, 0.29) is 16.5 Å². The highest BCUT2D eigenvalue weighted by Gasteiger charge is 2.21. The van der Waals surface area contributed by atoms with Gasteiger partial charge in [-0.05, 0) is 43.1 Å². The smallest absolute Gasteiger partial charge is 0.278 e. The number of fused-ring (bicyclic) bond motifs is 1. The number of nitrogens with zero attached hydrogens (tertiary/aromatic N) is 2. The molecule has 2 aromatic rings. The lowest BCUT2D eigenvalue weighted by Gasteiger charge is -2.23. The number of aromatic nitrogens is 1. The van der Waals surface area contributed by atoms with Crippen molar-refractivity contribution in [1.82, 2.24) is 10.3 Å². The Morgan fingerprint density at radius 2 is 2.15 bits per heavy atom. The Labute approximate surface area is 118 Å². The summed E-state index contributed by atoms with van der Waals surface area (Å²) in [7, 11) is 1.94. The molecule has 1 aromatic carbocycles. The fourth-order valence-corrected chi connectivity index (χ4v) is 2.73. The maximum absolute atomic E-state index is 11.1. The van der Waals surface area contributed by atoms with Gasteiger partial charge < -0.3 is 5.32 Å². The van der Waals surface area contributed by atoms with Gasteiger partial charge in [0.15, 0.2) is 0 Å². The first-order valence-electron chi connectivity index (χ1n) is 6.79. The van der Waals surface area contributed by atoms with Crippen LogP contribution in [0.25, 0.3) is 10.9 Å². The van der Waals surface area contributed by atoms with E-state index < -0.39 is 0 Å². The van der Waals surface area contributed by atoms with Gasteiger partial charge in [0.05, 0.1) is 15.8 Å². The lowest BCUT2D eigenvalue weighted by atomic mass is 9.89. The van der Waals surface area contributed by atoms with Crippen LogP contribution in [0.1, 0.15) is 31.7 Å². The molecule has 0 aliphatic rings. The van der Waals surface area contributed by atoms with Crippen LogP contribution in [-0.4, -0.2) is 23.0 Å². The van der Waals surface area contributed by atoms with Crippen molar-refractivity contribution in [3.8, 4) is 0 Å². The normalized spacial score (nSPS) is 14.2. The summed E-state index contributed by atoms with van der Waals surface area (Å²) in [4.78, 5) is 15.1. The molecular weight excluding hydrogens is 254 g/mol. The molecule has 1 N–H and O–H groups in total. The molecule has 0 spiro atoms. The minimum atomic E-state index is -0.353. The molecule has 20 heavy (non-hydrogen) atoms. The minimum absolute atomic E-state index is 0.113. The van der Waals surface area contributed by atoms with Gasteiger partial charge in [-0.2, -0.15) is 0 Å². The minimum Gasteiger partial charge on any atom is -0.316 e. The predicted octanol–water partition coefficient (Wildman–Crippen LogP) is 3.24. The molecule has 2 atom stereocenters. The SMILES string of the molecule is CCC(NC)C(C)c1ccc([N+](=O)[O-])c2cccnc12. The van der Waals surface area contributed by atoms with Gasteiger partial charge in [-0.3, -0.25) is 15.1 Å². The number of hydrogen-bond acceptors (Lipinski definition) is 4. The molecule has 5 nitrogen and oxygen atoms in total. The van der Waals surface area contributed by atoms with E-state index in [4.69, 9.17) is 0 Å². The van der Waals surface area contributed by atoms with Crippen molar-refractivity contribution in [3.05, 3.63) is 46.1 Å². The summed E-state index contributed by atoms with van der Waals surface area (Å²) in [6.07, 6.45) is 2.67. The largest absolute Gasteiger partial charge is 0.316 e. The topological polar surface area (TPSA) is 68.1 Å². The molecule has 1 heterocycles. The molecule has 0 bridgehead atoms. The monoisotopic (exact) mass is 273 g/mol. The van der Waals surface area contributed by atoms with Crippen LogP contribution >= 0.6 is 0 Å². The van der Waals surface area contributed by atoms with Crippen LogP contribution in [0.15, 0.2) is 30.5 Å². The standard InChI is InChI=1S/C15H19N3O2/c1-4-13(16-3)10(2)11-7-8-14(18(19)20)12-6-5-9-17-15(11)12/h5-10,13,16H,4H2,1-3H3. The van der Waals surface area contributed by atoms with Crippen molar-refractivity contribution in [1.29, 1.82) is 0 Å². The van der Waals surface area contributed by atoms with Crippen molar-refractivity contribution < 1.29 is 4.92 Å². The number of nitro groups is 1. The summed E-state index contributed by atoms with van der Waals surface area (Å²) in [5.74, 6) is 0.239. The average Bonchev–Trinajstić information content (AvgIpc) is 2.47. The maximum Gasteiger partial charge on any atom is 0.278 e. The van der Waals surface area contributed by atoms with Gasteiger partial charge in [-0.25, -0.2) is 0 Å². The van der Waals surface area contributed by atoms with Gasteiger partial charge >= 0.3 is 0 Å². The molecule has 0 radical (unpaired) electrons. The second kappa shape index (κ2) is 5.96. The zero-order chi connectivity index (χ0) is 14.7. The average molecular weight is 273 g/mol. The molecule has 0 saturated carbocycles. The Hall–Kier alpha value is -2.01. The van der Waals surface area contributed by atoms with E-state index in [9.17, 15) is 10.1 Å². The van der Waals surface area contributed by atoms with E-state index >= 15 is 0 Å². The molecule has 2 rings (SSSR count). The Balaban J connectivity index is 2.61. The van der Waals surface area contributed by atoms with Crippen LogP contribution in [0.4, 0.5) is 5.69 Å². The van der Waals surface area contributed by atoms with E-state index in [0.29, 0.717) is 11.4 Å². The van der Waals surface area contributed by atoms with Gasteiger partial charge in [0.1, 0.15) is 0 Å². The Morgan fingerprint density at radius 1 is 1.40 bits per heavy atom. The van der Waals surface area contributed by atoms with Crippen molar-refractivity contribution in [2.75, 3.05) is 7.05 Å². The van der Waals surface area contributed by atoms with Crippen molar-refractivity contribution in [3.63, 3.8) is 0 Å². The van der Waals surface area contributed by atoms with E-state index in [1.165, 1.54) is 0 Å². The molecule has 1 aromatic heterocycles. The van der Waals surface area contributed by atoms with E-state index in [0.717, 1.165) is 17.5 Å². The Morgan fingerprint density at radius 3 is 2.75 bits per heavy atom. The summed E-state index contributed by atoms with van der Waals surface area (Å²) in [5, 5.41) is 15.0. The molecule has 0 aliphatic carbocycles. The number of non-ortho nitro benzene ring substituents is 1. The Kier molecular flexibility index (Phi) is 4.29. The Bertz CT molecular complexity index is 624. The molecular formula is C15H19N3O2. The fraction of sp³-hybridized carbons (Fsp3) is 0.400. The van der Waals surface area contributed by atoms with Crippen LogP contribution in [0.5, 0.6) is 0 Å². The third-order valence-corrected chi connectivity index (χ3v) is 3.88. The number of pyridine rings is 1. The highest BCUT2D eigenvalue weighted by atomic mass is 16.6. The summed E-state index contributed by atoms with van der Waals surface area (Å²) in [5.41, 5.74) is 1.89. The zero-order valence-electron chi connectivity index (χ0n) is 12.0. The molecule has 0 fully saturated rings. The van der Waals surface area contributed by atoms with Crippen molar-refractivity contribution in [2.24, 2.45) is 0 Å². The molecule has 106 valence electrons. The van der Waals surface area contributed by atoms with Crippen LogP contribution in [0.2, 0.25) is 0 Å². The maximum atomic E-state index is 11.1. The number of hydrogen-bond donors (Lipinski definition) is 1. The van der Waals surface area contributed by atoms with E-state index in [1.807, 2.05) is 13.1 Å². The van der Waals surface area contributed by atoms with Gasteiger partial charge in [-0.1, -0.05) is 13.8 Å². The summed E-state index contributed by atoms with van der Waals surface area (Å²) >= 11 is 0. The molecule has 0 aliphatic heterocycles. The molecule has 2 unspecified atom stereocenters. The van der Waals surface area contributed by atoms with Crippen molar-refractivity contribution in [2.45, 2.75) is 32.2 Å². The first-order valence-corrected chi connectivity index (χ1v) is 6.79. The first-order chi connectivity index (χ1) is 9.60. The quantitative estimate of drug-likeness (QED) is 0.670. The van der Waals surface area contributed by atoms with Crippen LogP contribution in [0, 0.1) is 10.1 Å². The van der Waals surface area contributed by atoms with Gasteiger partial charge in [0.2, 0.25) is 0 Å². The summed E-state index contributed by atoms with van der Waals surface area (Å²) in [6.45, 7) is 4.25. The molecule has 0 amide bonds. The van der Waals surface area contributed by atoms with Gasteiger partial charge in [-0.15, -0.1) is 0 Å². The van der Waals surface area contributed by atoms with E-state index in [1.54, 1.807) is 24.4 Å². The van der Waals surface area contributed by atoms with Gasteiger partial charge in [0.25, 0.3) is 5.69 Å². The lowest BCUT2D eigenvalue weighted by Crippen LogP contribution is -2.30. The van der Waals surface area contributed by atoms with Crippen LogP contribution in [0.3, 0.4) is 0 Å².